The second-order valence-electron chi connectivity index (χ2n) is 5.92. The highest BCUT2D eigenvalue weighted by atomic mass is 16.6. The minimum Gasteiger partial charge on any atom is -0.481 e. The minimum absolute atomic E-state index is 0.0201. The van der Waals surface area contributed by atoms with Crippen LogP contribution >= 0.6 is 0 Å². The zero-order chi connectivity index (χ0) is 16.9. The van der Waals surface area contributed by atoms with E-state index in [9.17, 15) is 4.79 Å². The Hall–Kier alpha value is -2.56. The summed E-state index contributed by atoms with van der Waals surface area (Å²) >= 11 is 0. The molecule has 0 spiro atoms. The number of rotatable bonds is 4. The van der Waals surface area contributed by atoms with Crippen molar-refractivity contribution in [2.75, 3.05) is 13.7 Å². The van der Waals surface area contributed by atoms with Crippen LogP contribution < -0.4 is 4.74 Å². The number of ether oxygens (including phenoxy) is 2. The van der Waals surface area contributed by atoms with Crippen molar-refractivity contribution < 1.29 is 14.3 Å². The Balaban J connectivity index is 1.69. The van der Waals surface area contributed by atoms with Gasteiger partial charge < -0.3 is 14.4 Å². The number of likely N-dealkylation sites (tertiary alicyclic amines) is 1. The molecule has 1 aromatic heterocycles. The van der Waals surface area contributed by atoms with Crippen molar-refractivity contribution in [3.63, 3.8) is 0 Å². The third-order valence-electron chi connectivity index (χ3n) is 4.36. The van der Waals surface area contributed by atoms with E-state index in [1.54, 1.807) is 12.0 Å². The number of carbonyl (C=O) groups excluding carboxylic acids is 1. The Morgan fingerprint density at radius 3 is 2.75 bits per heavy atom. The van der Waals surface area contributed by atoms with Crippen molar-refractivity contribution in [1.29, 1.82) is 0 Å². The van der Waals surface area contributed by atoms with Crippen molar-refractivity contribution in [2.45, 2.75) is 32.4 Å². The monoisotopic (exact) mass is 326 g/mol. The highest BCUT2D eigenvalue weighted by Crippen LogP contribution is 2.34. The number of pyridine rings is 1. The van der Waals surface area contributed by atoms with Crippen LogP contribution in [-0.4, -0.2) is 29.6 Å². The Labute approximate surface area is 142 Å². The minimum atomic E-state index is -0.267. The molecule has 5 heteroatoms. The van der Waals surface area contributed by atoms with Gasteiger partial charge in [0.25, 0.3) is 0 Å². The fourth-order valence-corrected chi connectivity index (χ4v) is 3.13. The number of carbonyl (C=O) groups is 1. The summed E-state index contributed by atoms with van der Waals surface area (Å²) < 4.78 is 10.6. The Morgan fingerprint density at radius 2 is 2.04 bits per heavy atom. The molecule has 24 heavy (non-hydrogen) atoms. The molecule has 0 bridgehead atoms. The highest BCUT2D eigenvalue weighted by molar-refractivity contribution is 5.69. The molecule has 0 saturated carbocycles. The molecule has 0 N–H and O–H groups in total. The maximum absolute atomic E-state index is 12.5. The van der Waals surface area contributed by atoms with Gasteiger partial charge in [-0.05, 0) is 37.0 Å². The van der Waals surface area contributed by atoms with E-state index in [4.69, 9.17) is 9.47 Å². The van der Waals surface area contributed by atoms with Crippen molar-refractivity contribution in [2.24, 2.45) is 0 Å². The van der Waals surface area contributed by atoms with Crippen LogP contribution in [-0.2, 0) is 11.3 Å². The van der Waals surface area contributed by atoms with Crippen LogP contribution in [0.3, 0.4) is 0 Å². The molecule has 2 aromatic rings. The van der Waals surface area contributed by atoms with Crippen LogP contribution in [0.1, 0.15) is 35.7 Å². The van der Waals surface area contributed by atoms with Crippen LogP contribution in [0.25, 0.3) is 0 Å². The second kappa shape index (κ2) is 7.34. The molecule has 1 amide bonds. The molecule has 0 unspecified atom stereocenters. The molecular weight excluding hydrogens is 304 g/mol. The van der Waals surface area contributed by atoms with Gasteiger partial charge in [-0.2, -0.15) is 0 Å². The third kappa shape index (κ3) is 3.50. The normalized spacial score (nSPS) is 16.9. The maximum atomic E-state index is 12.5. The molecule has 1 aliphatic heterocycles. The van der Waals surface area contributed by atoms with Crippen molar-refractivity contribution in [3.05, 3.63) is 59.3 Å². The predicted molar refractivity (Wildman–Crippen MR) is 90.8 cm³/mol. The van der Waals surface area contributed by atoms with Gasteiger partial charge in [-0.15, -0.1) is 0 Å². The lowest BCUT2D eigenvalue weighted by atomic mass is 10.0. The third-order valence-corrected chi connectivity index (χ3v) is 4.36. The summed E-state index contributed by atoms with van der Waals surface area (Å²) in [5.74, 6) is 0.590. The highest BCUT2D eigenvalue weighted by Gasteiger charge is 2.32. The Morgan fingerprint density at radius 1 is 1.25 bits per heavy atom. The average molecular weight is 326 g/mol. The summed E-state index contributed by atoms with van der Waals surface area (Å²) in [6.07, 6.45) is 1.63. The maximum Gasteiger partial charge on any atom is 0.410 e. The first kappa shape index (κ1) is 16.3. The number of aromatic nitrogens is 1. The Bertz CT molecular complexity index is 703. The predicted octanol–water partition coefficient (Wildman–Crippen LogP) is 3.87. The van der Waals surface area contributed by atoms with E-state index in [-0.39, 0.29) is 12.1 Å². The first-order chi connectivity index (χ1) is 11.7. The number of hydrogen-bond donors (Lipinski definition) is 0. The van der Waals surface area contributed by atoms with Gasteiger partial charge in [0.1, 0.15) is 6.61 Å². The van der Waals surface area contributed by atoms with Gasteiger partial charge in [-0.3, -0.25) is 0 Å². The van der Waals surface area contributed by atoms with Crippen LogP contribution in [0.5, 0.6) is 5.88 Å². The van der Waals surface area contributed by atoms with E-state index in [0.717, 1.165) is 29.7 Å². The van der Waals surface area contributed by atoms with Gasteiger partial charge in [0.05, 0.1) is 13.2 Å². The number of methoxy groups -OCH3 is 1. The standard InChI is InChI=1S/C19H22N2O3/c1-14-16(10-11-18(20-14)23-2)17-9-6-12-21(17)19(22)24-13-15-7-4-3-5-8-15/h3-5,7-8,10-11,17H,6,9,12-13H2,1-2H3/t17-/m0/s1. The van der Waals surface area contributed by atoms with Crippen molar-refractivity contribution in [1.82, 2.24) is 9.88 Å². The summed E-state index contributed by atoms with van der Waals surface area (Å²) in [6, 6.07) is 13.6. The van der Waals surface area contributed by atoms with Gasteiger partial charge in [0.2, 0.25) is 5.88 Å². The fourth-order valence-electron chi connectivity index (χ4n) is 3.13. The largest absolute Gasteiger partial charge is 0.481 e. The number of benzene rings is 1. The van der Waals surface area contributed by atoms with E-state index >= 15 is 0 Å². The molecule has 1 aromatic carbocycles. The summed E-state index contributed by atoms with van der Waals surface area (Å²) in [6.45, 7) is 2.95. The molecule has 0 aliphatic carbocycles. The molecule has 1 aliphatic rings. The molecule has 0 radical (unpaired) electrons. The van der Waals surface area contributed by atoms with E-state index < -0.39 is 0 Å². The average Bonchev–Trinajstić information content (AvgIpc) is 3.10. The number of amides is 1. The molecular formula is C19H22N2O3. The lowest BCUT2D eigenvalue weighted by molar-refractivity contribution is 0.0919. The van der Waals surface area contributed by atoms with Crippen LogP contribution in [0.15, 0.2) is 42.5 Å². The number of hydrogen-bond acceptors (Lipinski definition) is 4. The molecule has 1 atom stereocenters. The summed E-state index contributed by atoms with van der Waals surface area (Å²) in [4.78, 5) is 18.7. The van der Waals surface area contributed by atoms with Crippen LogP contribution in [0.2, 0.25) is 0 Å². The zero-order valence-corrected chi connectivity index (χ0v) is 14.1. The summed E-state index contributed by atoms with van der Waals surface area (Å²) in [7, 11) is 1.60. The first-order valence-corrected chi connectivity index (χ1v) is 8.18. The van der Waals surface area contributed by atoms with Gasteiger partial charge in [-0.1, -0.05) is 30.3 Å². The smallest absolute Gasteiger partial charge is 0.410 e. The zero-order valence-electron chi connectivity index (χ0n) is 14.1. The number of aryl methyl sites for hydroxylation is 1. The molecule has 1 fully saturated rings. The van der Waals surface area contributed by atoms with E-state index in [2.05, 4.69) is 4.98 Å². The first-order valence-electron chi connectivity index (χ1n) is 8.18. The molecule has 2 heterocycles. The fraction of sp³-hybridized carbons (Fsp3) is 0.368. The van der Waals surface area contributed by atoms with Crippen LogP contribution in [0, 0.1) is 6.92 Å². The lowest BCUT2D eigenvalue weighted by Gasteiger charge is -2.25. The second-order valence-corrected chi connectivity index (χ2v) is 5.92. The van der Waals surface area contributed by atoms with Gasteiger partial charge >= 0.3 is 6.09 Å². The van der Waals surface area contributed by atoms with E-state index in [1.165, 1.54) is 0 Å². The van der Waals surface area contributed by atoms with Crippen LogP contribution in [0.4, 0.5) is 4.79 Å². The van der Waals surface area contributed by atoms with Gasteiger partial charge in [-0.25, -0.2) is 9.78 Å². The van der Waals surface area contributed by atoms with Gasteiger partial charge in [0, 0.05) is 18.3 Å². The molecule has 3 rings (SSSR count). The molecule has 1 saturated heterocycles. The SMILES string of the molecule is COc1ccc([C@@H]2CCCN2C(=O)OCc2ccccc2)c(C)n1. The molecule has 126 valence electrons. The quantitative estimate of drug-likeness (QED) is 0.856. The number of nitrogens with zero attached hydrogens (tertiary/aromatic N) is 2. The topological polar surface area (TPSA) is 51.7 Å². The lowest BCUT2D eigenvalue weighted by Crippen LogP contribution is -2.31. The Kier molecular flexibility index (Phi) is 4.99. The van der Waals surface area contributed by atoms with Crippen molar-refractivity contribution >= 4 is 6.09 Å². The summed E-state index contributed by atoms with van der Waals surface area (Å²) in [5, 5.41) is 0. The van der Waals surface area contributed by atoms with E-state index in [1.807, 2.05) is 49.4 Å². The van der Waals surface area contributed by atoms with E-state index in [0.29, 0.717) is 19.0 Å². The summed E-state index contributed by atoms with van der Waals surface area (Å²) in [5.41, 5.74) is 2.94. The van der Waals surface area contributed by atoms with Crippen molar-refractivity contribution in [3.8, 4) is 5.88 Å². The van der Waals surface area contributed by atoms with Gasteiger partial charge in [0.15, 0.2) is 0 Å². The molecule has 5 nitrogen and oxygen atoms in total.